The largest absolute Gasteiger partial charge is 0.455 e. The monoisotopic (exact) mass is 372 g/mol. The molecule has 1 aromatic carbocycles. The first-order chi connectivity index (χ1) is 13.1. The number of nitrogens with zero attached hydrogens (tertiary/aromatic N) is 1. The van der Waals surface area contributed by atoms with Crippen molar-refractivity contribution in [1.29, 1.82) is 0 Å². The normalized spacial score (nSPS) is 20.6. The Morgan fingerprint density at radius 1 is 1.19 bits per heavy atom. The van der Waals surface area contributed by atoms with E-state index >= 15 is 0 Å². The van der Waals surface area contributed by atoms with Crippen LogP contribution >= 0.6 is 0 Å². The summed E-state index contributed by atoms with van der Waals surface area (Å²) in [6.45, 7) is 2.10. The first-order valence-corrected chi connectivity index (χ1v) is 9.92. The molecule has 2 amide bonds. The van der Waals surface area contributed by atoms with E-state index in [2.05, 4.69) is 5.32 Å². The van der Waals surface area contributed by atoms with Crippen LogP contribution in [0, 0.1) is 5.92 Å². The van der Waals surface area contributed by atoms with Gasteiger partial charge in [0.2, 0.25) is 5.91 Å². The van der Waals surface area contributed by atoms with Crippen molar-refractivity contribution in [3.63, 3.8) is 0 Å². The summed E-state index contributed by atoms with van der Waals surface area (Å²) in [4.78, 5) is 38.6. The van der Waals surface area contributed by atoms with Crippen LogP contribution in [0.5, 0.6) is 0 Å². The second-order valence-electron chi connectivity index (χ2n) is 7.41. The van der Waals surface area contributed by atoms with Crippen molar-refractivity contribution in [2.75, 3.05) is 18.5 Å². The van der Waals surface area contributed by atoms with Gasteiger partial charge in [0, 0.05) is 24.7 Å². The molecule has 1 aliphatic carbocycles. The van der Waals surface area contributed by atoms with Crippen molar-refractivity contribution in [1.82, 2.24) is 4.90 Å². The molecule has 2 fully saturated rings. The van der Waals surface area contributed by atoms with Gasteiger partial charge in [-0.3, -0.25) is 14.4 Å². The van der Waals surface area contributed by atoms with Gasteiger partial charge in [-0.05, 0) is 30.9 Å². The lowest BCUT2D eigenvalue weighted by atomic mass is 9.94. The van der Waals surface area contributed by atoms with Gasteiger partial charge in [0.1, 0.15) is 0 Å². The van der Waals surface area contributed by atoms with Crippen LogP contribution in [0.1, 0.15) is 51.0 Å². The van der Waals surface area contributed by atoms with Crippen molar-refractivity contribution in [2.45, 2.75) is 57.9 Å². The quantitative estimate of drug-likeness (QED) is 0.779. The van der Waals surface area contributed by atoms with E-state index in [9.17, 15) is 14.4 Å². The molecule has 0 radical (unpaired) electrons. The van der Waals surface area contributed by atoms with E-state index in [1.807, 2.05) is 36.1 Å². The lowest BCUT2D eigenvalue weighted by molar-refractivity contribution is -0.151. The molecule has 27 heavy (non-hydrogen) atoms. The third kappa shape index (κ3) is 4.87. The van der Waals surface area contributed by atoms with E-state index in [0.717, 1.165) is 43.4 Å². The third-order valence-electron chi connectivity index (χ3n) is 5.53. The summed E-state index contributed by atoms with van der Waals surface area (Å²) in [5, 5.41) is 2.78. The zero-order valence-electron chi connectivity index (χ0n) is 15.9. The van der Waals surface area contributed by atoms with E-state index in [1.165, 1.54) is 6.42 Å². The summed E-state index contributed by atoms with van der Waals surface area (Å²) >= 11 is 0. The molecule has 0 aromatic heterocycles. The summed E-state index contributed by atoms with van der Waals surface area (Å²) < 4.78 is 5.19. The Bertz CT molecular complexity index is 697. The minimum absolute atomic E-state index is 0.0326. The number of carbonyl (C=O) groups excluding carboxylic acids is 3. The van der Waals surface area contributed by atoms with Gasteiger partial charge in [0.25, 0.3) is 5.91 Å². The number of benzene rings is 1. The molecule has 1 heterocycles. The average molecular weight is 372 g/mol. The second kappa shape index (κ2) is 9.02. The number of hydrogen-bond acceptors (Lipinski definition) is 4. The van der Waals surface area contributed by atoms with Gasteiger partial charge in [0.05, 0.1) is 5.92 Å². The summed E-state index contributed by atoms with van der Waals surface area (Å²) in [6, 6.07) is 7.81. The fourth-order valence-electron chi connectivity index (χ4n) is 4.03. The Hall–Kier alpha value is -2.37. The van der Waals surface area contributed by atoms with Crippen LogP contribution in [-0.2, 0) is 25.5 Å². The molecule has 6 nitrogen and oxygen atoms in total. The van der Waals surface area contributed by atoms with Gasteiger partial charge < -0.3 is 15.0 Å². The average Bonchev–Trinajstić information content (AvgIpc) is 3.09. The zero-order valence-corrected chi connectivity index (χ0v) is 15.9. The molecule has 1 saturated heterocycles. The van der Waals surface area contributed by atoms with Crippen molar-refractivity contribution in [3.05, 3.63) is 29.8 Å². The predicted octanol–water partition coefficient (Wildman–Crippen LogP) is 2.91. The number of amides is 2. The summed E-state index contributed by atoms with van der Waals surface area (Å²) in [5.41, 5.74) is 1.77. The minimum atomic E-state index is -0.463. The molecule has 1 atom stereocenters. The molecule has 3 rings (SSSR count). The molecule has 1 aliphatic heterocycles. The lowest BCUT2D eigenvalue weighted by Crippen LogP contribution is -2.38. The molecular formula is C21H28N2O4. The predicted molar refractivity (Wildman–Crippen MR) is 102 cm³/mol. The maximum atomic E-state index is 12.3. The fourth-order valence-corrected chi connectivity index (χ4v) is 4.03. The van der Waals surface area contributed by atoms with Crippen LogP contribution in [0.4, 0.5) is 5.69 Å². The first kappa shape index (κ1) is 19.4. The van der Waals surface area contributed by atoms with Crippen molar-refractivity contribution < 1.29 is 19.1 Å². The first-order valence-electron chi connectivity index (χ1n) is 9.92. The molecule has 2 aliphatic rings. The van der Waals surface area contributed by atoms with Crippen LogP contribution < -0.4 is 5.32 Å². The fraction of sp³-hybridized carbons (Fsp3) is 0.571. The number of likely N-dealkylation sites (tertiary alicyclic amines) is 1. The van der Waals surface area contributed by atoms with Crippen LogP contribution in [0.2, 0.25) is 0 Å². The Balaban J connectivity index is 1.47. The SMILES string of the molecule is CCc1ccccc1NC(=O)COC(=O)[C@H]1CC(=O)N(C2CCCCC2)C1. The van der Waals surface area contributed by atoms with Gasteiger partial charge in [-0.2, -0.15) is 0 Å². The topological polar surface area (TPSA) is 75.7 Å². The van der Waals surface area contributed by atoms with E-state index in [4.69, 9.17) is 4.74 Å². The highest BCUT2D eigenvalue weighted by atomic mass is 16.5. The van der Waals surface area contributed by atoms with Crippen LogP contribution in [0.25, 0.3) is 0 Å². The molecule has 6 heteroatoms. The number of anilines is 1. The number of hydrogen-bond donors (Lipinski definition) is 1. The second-order valence-corrected chi connectivity index (χ2v) is 7.41. The molecule has 1 N–H and O–H groups in total. The molecular weight excluding hydrogens is 344 g/mol. The Morgan fingerprint density at radius 3 is 2.67 bits per heavy atom. The van der Waals surface area contributed by atoms with Crippen LogP contribution in [-0.4, -0.2) is 41.9 Å². The van der Waals surface area contributed by atoms with Crippen LogP contribution in [0.3, 0.4) is 0 Å². The maximum absolute atomic E-state index is 12.3. The molecule has 1 saturated carbocycles. The Kier molecular flexibility index (Phi) is 6.48. The van der Waals surface area contributed by atoms with Crippen molar-refractivity contribution in [2.24, 2.45) is 5.92 Å². The standard InChI is InChI=1S/C21H28N2O4/c1-2-15-8-6-7-11-18(15)22-19(24)14-27-21(26)16-12-20(25)23(13-16)17-9-4-3-5-10-17/h6-8,11,16-17H,2-5,9-10,12-14H2,1H3,(H,22,24)/t16-/m0/s1. The van der Waals surface area contributed by atoms with Gasteiger partial charge in [-0.15, -0.1) is 0 Å². The highest BCUT2D eigenvalue weighted by molar-refractivity contribution is 5.94. The number of carbonyl (C=O) groups is 3. The number of rotatable bonds is 6. The van der Waals surface area contributed by atoms with Gasteiger partial charge >= 0.3 is 5.97 Å². The smallest absolute Gasteiger partial charge is 0.311 e. The molecule has 1 aromatic rings. The summed E-state index contributed by atoms with van der Waals surface area (Å²) in [7, 11) is 0. The minimum Gasteiger partial charge on any atom is -0.455 e. The lowest BCUT2D eigenvalue weighted by Gasteiger charge is -2.31. The Morgan fingerprint density at radius 2 is 1.93 bits per heavy atom. The molecule has 0 spiro atoms. The zero-order chi connectivity index (χ0) is 19.2. The molecule has 146 valence electrons. The summed E-state index contributed by atoms with van der Waals surface area (Å²) in [6.07, 6.45) is 6.54. The number of esters is 1. The van der Waals surface area contributed by atoms with Crippen molar-refractivity contribution in [3.8, 4) is 0 Å². The third-order valence-corrected chi connectivity index (χ3v) is 5.53. The van der Waals surface area contributed by atoms with Gasteiger partial charge in [-0.25, -0.2) is 0 Å². The summed E-state index contributed by atoms with van der Waals surface area (Å²) in [5.74, 6) is -1.25. The number of nitrogens with one attached hydrogen (secondary N) is 1. The van der Waals surface area contributed by atoms with Gasteiger partial charge in [-0.1, -0.05) is 44.4 Å². The van der Waals surface area contributed by atoms with Crippen molar-refractivity contribution >= 4 is 23.5 Å². The van der Waals surface area contributed by atoms with E-state index in [0.29, 0.717) is 6.54 Å². The molecule has 0 unspecified atom stereocenters. The maximum Gasteiger partial charge on any atom is 0.311 e. The van der Waals surface area contributed by atoms with E-state index < -0.39 is 11.9 Å². The number of aryl methyl sites for hydroxylation is 1. The number of ether oxygens (including phenoxy) is 1. The number of para-hydroxylation sites is 1. The van der Waals surface area contributed by atoms with Crippen LogP contribution in [0.15, 0.2) is 24.3 Å². The Labute approximate surface area is 160 Å². The van der Waals surface area contributed by atoms with E-state index in [-0.39, 0.29) is 30.9 Å². The highest BCUT2D eigenvalue weighted by Crippen LogP contribution is 2.29. The highest BCUT2D eigenvalue weighted by Gasteiger charge is 2.39. The van der Waals surface area contributed by atoms with E-state index in [1.54, 1.807) is 0 Å². The van der Waals surface area contributed by atoms with Gasteiger partial charge in [0.15, 0.2) is 6.61 Å². The molecule has 0 bridgehead atoms.